The third-order valence-electron chi connectivity index (χ3n) is 1.82. The van der Waals surface area contributed by atoms with Crippen molar-refractivity contribution in [3.05, 3.63) is 0 Å². The van der Waals surface area contributed by atoms with Gasteiger partial charge in [-0.05, 0) is 27.2 Å². The number of esters is 1. The maximum atomic E-state index is 11.3. The number of ether oxygens (including phenoxy) is 1. The van der Waals surface area contributed by atoms with Gasteiger partial charge in [-0.3, -0.25) is 9.59 Å². The van der Waals surface area contributed by atoms with Gasteiger partial charge in [0.15, 0.2) is 0 Å². The molecule has 13 heavy (non-hydrogen) atoms. The molecule has 0 amide bonds. The topological polar surface area (TPSA) is 63.6 Å². The van der Waals surface area contributed by atoms with E-state index >= 15 is 0 Å². The zero-order chi connectivity index (χ0) is 10.2. The lowest BCUT2D eigenvalue weighted by Gasteiger charge is -2.19. The second-order valence-electron chi connectivity index (χ2n) is 4.32. The fourth-order valence-electron chi connectivity index (χ4n) is 1.11. The summed E-state index contributed by atoms with van der Waals surface area (Å²) in [4.78, 5) is 21.7. The van der Waals surface area contributed by atoms with E-state index in [9.17, 15) is 9.59 Å². The van der Waals surface area contributed by atoms with Crippen LogP contribution in [0, 0.1) is 11.8 Å². The molecule has 0 bridgehead atoms. The molecule has 0 heterocycles. The molecule has 1 rings (SSSR count). The highest BCUT2D eigenvalue weighted by Crippen LogP contribution is 2.40. The van der Waals surface area contributed by atoms with Crippen molar-refractivity contribution in [1.82, 2.24) is 0 Å². The van der Waals surface area contributed by atoms with E-state index in [1.807, 2.05) is 0 Å². The van der Waals surface area contributed by atoms with Crippen LogP contribution in [0.25, 0.3) is 0 Å². The summed E-state index contributed by atoms with van der Waals surface area (Å²) >= 11 is 0. The highest BCUT2D eigenvalue weighted by Gasteiger charge is 2.50. The molecule has 0 aliphatic heterocycles. The van der Waals surface area contributed by atoms with Gasteiger partial charge >= 0.3 is 11.9 Å². The van der Waals surface area contributed by atoms with E-state index in [0.29, 0.717) is 6.42 Å². The zero-order valence-electron chi connectivity index (χ0n) is 8.03. The largest absolute Gasteiger partial charge is 0.481 e. The van der Waals surface area contributed by atoms with Crippen LogP contribution in [0.5, 0.6) is 0 Å². The van der Waals surface area contributed by atoms with E-state index in [1.165, 1.54) is 0 Å². The Morgan fingerprint density at radius 1 is 1.31 bits per heavy atom. The van der Waals surface area contributed by atoms with E-state index in [1.54, 1.807) is 20.8 Å². The predicted octanol–water partition coefficient (Wildman–Crippen LogP) is 1.05. The standard InChI is InChI=1S/C9H14O4/c1-9(2,3)13-8(12)6-4-5(6)7(10)11/h5-6H,4H2,1-3H3,(H,10,11)/t5-,6-/m0/s1. The number of hydrogen-bond donors (Lipinski definition) is 1. The van der Waals surface area contributed by atoms with Crippen LogP contribution in [0.15, 0.2) is 0 Å². The fourth-order valence-corrected chi connectivity index (χ4v) is 1.11. The van der Waals surface area contributed by atoms with Crippen molar-refractivity contribution in [3.63, 3.8) is 0 Å². The summed E-state index contributed by atoms with van der Waals surface area (Å²) in [6.07, 6.45) is 0.421. The Bertz CT molecular complexity index is 238. The molecule has 1 saturated carbocycles. The van der Waals surface area contributed by atoms with E-state index in [0.717, 1.165) is 0 Å². The van der Waals surface area contributed by atoms with Crippen molar-refractivity contribution in [2.75, 3.05) is 0 Å². The van der Waals surface area contributed by atoms with Crippen molar-refractivity contribution in [2.45, 2.75) is 32.8 Å². The minimum atomic E-state index is -0.907. The van der Waals surface area contributed by atoms with Crippen LogP contribution in [-0.2, 0) is 14.3 Å². The first-order chi connectivity index (χ1) is 5.81. The lowest BCUT2D eigenvalue weighted by molar-refractivity contribution is -0.158. The van der Waals surface area contributed by atoms with Gasteiger partial charge in [-0.15, -0.1) is 0 Å². The molecule has 0 radical (unpaired) electrons. The molecule has 1 N–H and O–H groups in total. The van der Waals surface area contributed by atoms with E-state index in [4.69, 9.17) is 9.84 Å². The van der Waals surface area contributed by atoms with Crippen molar-refractivity contribution < 1.29 is 19.4 Å². The Hall–Kier alpha value is -1.06. The zero-order valence-corrected chi connectivity index (χ0v) is 8.03. The normalized spacial score (nSPS) is 26.7. The van der Waals surface area contributed by atoms with E-state index < -0.39 is 23.4 Å². The van der Waals surface area contributed by atoms with E-state index in [2.05, 4.69) is 0 Å². The summed E-state index contributed by atoms with van der Waals surface area (Å²) in [5, 5.41) is 8.56. The third-order valence-corrected chi connectivity index (χ3v) is 1.82. The van der Waals surface area contributed by atoms with Gasteiger partial charge in [0.05, 0.1) is 11.8 Å². The molecule has 0 spiro atoms. The average Bonchev–Trinajstić information content (AvgIpc) is 2.58. The molecule has 4 heteroatoms. The second kappa shape index (κ2) is 3.01. The lowest BCUT2D eigenvalue weighted by Crippen LogP contribution is -2.25. The number of aliphatic carboxylic acids is 1. The van der Waals surface area contributed by atoms with Crippen molar-refractivity contribution in [1.29, 1.82) is 0 Å². The average molecular weight is 186 g/mol. The van der Waals surface area contributed by atoms with Gasteiger partial charge in [-0.1, -0.05) is 0 Å². The fraction of sp³-hybridized carbons (Fsp3) is 0.778. The monoisotopic (exact) mass is 186 g/mol. The Morgan fingerprint density at radius 2 is 1.85 bits per heavy atom. The SMILES string of the molecule is CC(C)(C)OC(=O)[C@H]1C[C@@H]1C(=O)O. The van der Waals surface area contributed by atoms with Crippen molar-refractivity contribution in [2.24, 2.45) is 11.8 Å². The summed E-state index contributed by atoms with van der Waals surface area (Å²) in [7, 11) is 0. The molecule has 0 aromatic rings. The number of hydrogen-bond acceptors (Lipinski definition) is 3. The minimum Gasteiger partial charge on any atom is -0.481 e. The number of rotatable bonds is 2. The molecule has 0 aromatic heterocycles. The molecular weight excluding hydrogens is 172 g/mol. The maximum Gasteiger partial charge on any atom is 0.310 e. The van der Waals surface area contributed by atoms with Gasteiger partial charge < -0.3 is 9.84 Å². The molecule has 1 aliphatic carbocycles. The third kappa shape index (κ3) is 2.72. The molecule has 2 atom stereocenters. The summed E-state index contributed by atoms with van der Waals surface area (Å²) < 4.78 is 5.04. The van der Waals surface area contributed by atoms with Crippen LogP contribution in [0.1, 0.15) is 27.2 Å². The van der Waals surface area contributed by atoms with Crippen LogP contribution >= 0.6 is 0 Å². The summed E-state index contributed by atoms with van der Waals surface area (Å²) in [5.74, 6) is -2.23. The summed E-state index contributed by atoms with van der Waals surface area (Å²) in [5.41, 5.74) is -0.525. The van der Waals surface area contributed by atoms with Crippen LogP contribution in [0.2, 0.25) is 0 Å². The van der Waals surface area contributed by atoms with E-state index in [-0.39, 0.29) is 5.97 Å². The van der Waals surface area contributed by atoms with Crippen LogP contribution in [0.4, 0.5) is 0 Å². The quantitative estimate of drug-likeness (QED) is 0.654. The van der Waals surface area contributed by atoms with Crippen LogP contribution in [0.3, 0.4) is 0 Å². The molecular formula is C9H14O4. The lowest BCUT2D eigenvalue weighted by atomic mass is 10.2. The Morgan fingerprint density at radius 3 is 2.15 bits per heavy atom. The van der Waals surface area contributed by atoms with Crippen molar-refractivity contribution >= 4 is 11.9 Å². The highest BCUT2D eigenvalue weighted by atomic mass is 16.6. The maximum absolute atomic E-state index is 11.3. The van der Waals surface area contributed by atoms with Gasteiger partial charge in [0.25, 0.3) is 0 Å². The summed E-state index contributed by atoms with van der Waals surface area (Å²) in [6.45, 7) is 5.30. The predicted molar refractivity (Wildman–Crippen MR) is 45.1 cm³/mol. The second-order valence-corrected chi connectivity index (χ2v) is 4.32. The first kappa shape index (κ1) is 10.0. The molecule has 74 valence electrons. The van der Waals surface area contributed by atoms with Gasteiger partial charge in [-0.2, -0.15) is 0 Å². The van der Waals surface area contributed by atoms with Gasteiger partial charge in [-0.25, -0.2) is 0 Å². The Balaban J connectivity index is 2.40. The minimum absolute atomic E-state index is 0.389. The Kier molecular flexibility index (Phi) is 2.32. The molecule has 0 unspecified atom stereocenters. The van der Waals surface area contributed by atoms with Crippen LogP contribution < -0.4 is 0 Å². The number of carboxylic acids is 1. The van der Waals surface area contributed by atoms with Gasteiger partial charge in [0.1, 0.15) is 5.60 Å². The van der Waals surface area contributed by atoms with Crippen LogP contribution in [-0.4, -0.2) is 22.6 Å². The smallest absolute Gasteiger partial charge is 0.310 e. The molecule has 1 aliphatic rings. The number of carbonyl (C=O) groups is 2. The highest BCUT2D eigenvalue weighted by molar-refractivity contribution is 5.86. The molecule has 0 aromatic carbocycles. The first-order valence-corrected chi connectivity index (χ1v) is 4.27. The molecule has 1 fully saturated rings. The number of carbonyl (C=O) groups excluding carboxylic acids is 1. The summed E-state index contributed by atoms with van der Waals surface area (Å²) in [6, 6.07) is 0. The molecule has 4 nitrogen and oxygen atoms in total. The van der Waals surface area contributed by atoms with Crippen molar-refractivity contribution in [3.8, 4) is 0 Å². The van der Waals surface area contributed by atoms with Gasteiger partial charge in [0.2, 0.25) is 0 Å². The Labute approximate surface area is 76.9 Å². The first-order valence-electron chi connectivity index (χ1n) is 4.27. The number of carboxylic acid groups (broad SMARTS) is 1. The van der Waals surface area contributed by atoms with Gasteiger partial charge in [0, 0.05) is 0 Å². The molecule has 0 saturated heterocycles.